The Labute approximate surface area is 134 Å². The standard InChI is InChI=1S/C15H15N5O2S/c1-11-5-12(2)7-13(6-11)23(21,22)19-14-8-15(18-9-17-14)20-4-3-16-10-20/h3-10H,1-2H3,(H,17,18,19). The van der Waals surface area contributed by atoms with Crippen molar-refractivity contribution in [3.8, 4) is 5.82 Å². The molecule has 3 rings (SSSR count). The van der Waals surface area contributed by atoms with Crippen molar-refractivity contribution in [2.45, 2.75) is 18.7 Å². The van der Waals surface area contributed by atoms with E-state index in [1.54, 1.807) is 41.5 Å². The molecule has 1 N–H and O–H groups in total. The highest BCUT2D eigenvalue weighted by Crippen LogP contribution is 2.18. The van der Waals surface area contributed by atoms with Gasteiger partial charge in [-0.15, -0.1) is 0 Å². The van der Waals surface area contributed by atoms with Gasteiger partial charge in [-0.25, -0.2) is 23.4 Å². The van der Waals surface area contributed by atoms with Crippen LogP contribution in [0.1, 0.15) is 11.1 Å². The number of aromatic nitrogens is 4. The van der Waals surface area contributed by atoms with E-state index in [-0.39, 0.29) is 10.7 Å². The molecule has 0 aliphatic rings. The molecule has 0 aliphatic heterocycles. The fourth-order valence-corrected chi connectivity index (χ4v) is 3.41. The highest BCUT2D eigenvalue weighted by atomic mass is 32.2. The van der Waals surface area contributed by atoms with Crippen molar-refractivity contribution in [2.24, 2.45) is 0 Å². The number of aryl methyl sites for hydroxylation is 2. The Morgan fingerprint density at radius 3 is 2.43 bits per heavy atom. The molecule has 0 unspecified atom stereocenters. The molecular formula is C15H15N5O2S. The third-order valence-electron chi connectivity index (χ3n) is 3.17. The van der Waals surface area contributed by atoms with Gasteiger partial charge in [0.25, 0.3) is 10.0 Å². The van der Waals surface area contributed by atoms with Crippen molar-refractivity contribution < 1.29 is 8.42 Å². The fraction of sp³-hybridized carbons (Fsp3) is 0.133. The topological polar surface area (TPSA) is 89.8 Å². The first kappa shape index (κ1) is 15.2. The number of hydrogen-bond acceptors (Lipinski definition) is 5. The number of nitrogens with zero attached hydrogens (tertiary/aromatic N) is 4. The molecule has 118 valence electrons. The molecule has 0 radical (unpaired) electrons. The minimum atomic E-state index is -3.71. The van der Waals surface area contributed by atoms with Gasteiger partial charge in [-0.3, -0.25) is 9.29 Å². The second-order valence-electron chi connectivity index (χ2n) is 5.16. The van der Waals surface area contributed by atoms with Crippen LogP contribution in [0.15, 0.2) is 54.2 Å². The largest absolute Gasteiger partial charge is 0.290 e. The average molecular weight is 329 g/mol. The van der Waals surface area contributed by atoms with Crippen LogP contribution in [-0.4, -0.2) is 27.9 Å². The SMILES string of the molecule is Cc1cc(C)cc(S(=O)(=O)Nc2cc(-n3ccnc3)ncn2)c1. The van der Waals surface area contributed by atoms with Crippen LogP contribution in [0.3, 0.4) is 0 Å². The minimum Gasteiger partial charge on any atom is -0.290 e. The van der Waals surface area contributed by atoms with Crippen molar-refractivity contribution in [3.05, 3.63) is 60.4 Å². The molecule has 7 nitrogen and oxygen atoms in total. The summed E-state index contributed by atoms with van der Waals surface area (Å²) in [6.07, 6.45) is 6.20. The second-order valence-corrected chi connectivity index (χ2v) is 6.84. The summed E-state index contributed by atoms with van der Waals surface area (Å²) in [5, 5.41) is 0. The monoisotopic (exact) mass is 329 g/mol. The van der Waals surface area contributed by atoms with Crippen LogP contribution in [0.4, 0.5) is 5.82 Å². The van der Waals surface area contributed by atoms with Gasteiger partial charge < -0.3 is 0 Å². The van der Waals surface area contributed by atoms with Gasteiger partial charge in [0.1, 0.15) is 24.3 Å². The lowest BCUT2D eigenvalue weighted by Gasteiger charge is -2.10. The van der Waals surface area contributed by atoms with Crippen LogP contribution >= 0.6 is 0 Å². The van der Waals surface area contributed by atoms with Crippen molar-refractivity contribution in [1.29, 1.82) is 0 Å². The molecule has 3 aromatic rings. The second kappa shape index (κ2) is 5.81. The normalized spacial score (nSPS) is 11.4. The smallest absolute Gasteiger partial charge is 0.263 e. The van der Waals surface area contributed by atoms with Crippen LogP contribution in [0.5, 0.6) is 0 Å². The number of rotatable bonds is 4. The molecule has 2 heterocycles. The van der Waals surface area contributed by atoms with Crippen molar-refractivity contribution >= 4 is 15.8 Å². The molecule has 0 bridgehead atoms. The van der Waals surface area contributed by atoms with Crippen molar-refractivity contribution in [2.75, 3.05) is 4.72 Å². The minimum absolute atomic E-state index is 0.197. The quantitative estimate of drug-likeness (QED) is 0.791. The summed E-state index contributed by atoms with van der Waals surface area (Å²) in [6.45, 7) is 3.71. The van der Waals surface area contributed by atoms with Gasteiger partial charge in [0.2, 0.25) is 0 Å². The Hall–Kier alpha value is -2.74. The predicted molar refractivity (Wildman–Crippen MR) is 85.9 cm³/mol. The molecule has 0 saturated heterocycles. The van der Waals surface area contributed by atoms with Crippen molar-refractivity contribution in [1.82, 2.24) is 19.5 Å². The van der Waals surface area contributed by atoms with Gasteiger partial charge in [-0.1, -0.05) is 6.07 Å². The zero-order valence-corrected chi connectivity index (χ0v) is 13.4. The molecular weight excluding hydrogens is 314 g/mol. The Morgan fingerprint density at radius 1 is 1.04 bits per heavy atom. The van der Waals surface area contributed by atoms with E-state index >= 15 is 0 Å². The summed E-state index contributed by atoms with van der Waals surface area (Å²) in [6, 6.07) is 6.70. The Bertz CT molecular complexity index is 916. The van der Waals surface area contributed by atoms with Gasteiger partial charge in [0.15, 0.2) is 0 Å². The molecule has 8 heteroatoms. The molecule has 0 saturated carbocycles. The zero-order valence-electron chi connectivity index (χ0n) is 12.6. The van der Waals surface area contributed by atoms with Crippen LogP contribution in [0.2, 0.25) is 0 Å². The van der Waals surface area contributed by atoms with E-state index in [0.717, 1.165) is 11.1 Å². The fourth-order valence-electron chi connectivity index (χ4n) is 2.22. The summed E-state index contributed by atoms with van der Waals surface area (Å²) < 4.78 is 29.2. The number of hydrogen-bond donors (Lipinski definition) is 1. The zero-order chi connectivity index (χ0) is 16.4. The molecule has 2 aromatic heterocycles. The van der Waals surface area contributed by atoms with Gasteiger partial charge in [-0.05, 0) is 37.1 Å². The van der Waals surface area contributed by atoms with Crippen LogP contribution < -0.4 is 4.72 Å². The summed E-state index contributed by atoms with van der Waals surface area (Å²) >= 11 is 0. The maximum atomic E-state index is 12.5. The molecule has 0 spiro atoms. The highest BCUT2D eigenvalue weighted by molar-refractivity contribution is 7.92. The van der Waals surface area contributed by atoms with E-state index in [4.69, 9.17) is 0 Å². The lowest BCUT2D eigenvalue weighted by atomic mass is 10.2. The Morgan fingerprint density at radius 2 is 1.78 bits per heavy atom. The third kappa shape index (κ3) is 3.37. The van der Waals surface area contributed by atoms with Gasteiger partial charge in [0.05, 0.1) is 4.90 Å². The summed E-state index contributed by atoms with van der Waals surface area (Å²) in [5.74, 6) is 0.721. The van der Waals surface area contributed by atoms with E-state index in [0.29, 0.717) is 5.82 Å². The molecule has 23 heavy (non-hydrogen) atoms. The predicted octanol–water partition coefficient (Wildman–Crippen LogP) is 2.08. The maximum absolute atomic E-state index is 12.5. The number of benzene rings is 1. The molecule has 0 atom stereocenters. The summed E-state index contributed by atoms with van der Waals surface area (Å²) in [5.41, 5.74) is 1.76. The summed E-state index contributed by atoms with van der Waals surface area (Å²) in [7, 11) is -3.71. The maximum Gasteiger partial charge on any atom is 0.263 e. The first-order valence-electron chi connectivity index (χ1n) is 6.85. The highest BCUT2D eigenvalue weighted by Gasteiger charge is 2.16. The number of nitrogens with one attached hydrogen (secondary N) is 1. The number of anilines is 1. The van der Waals surface area contributed by atoms with E-state index in [2.05, 4.69) is 19.7 Å². The summed E-state index contributed by atoms with van der Waals surface area (Å²) in [4.78, 5) is 12.2. The van der Waals surface area contributed by atoms with Gasteiger partial charge in [-0.2, -0.15) is 0 Å². The first-order chi connectivity index (χ1) is 10.9. The van der Waals surface area contributed by atoms with Gasteiger partial charge >= 0.3 is 0 Å². The number of imidazole rings is 1. The van der Waals surface area contributed by atoms with E-state index in [1.807, 2.05) is 19.9 Å². The van der Waals surface area contributed by atoms with Gasteiger partial charge in [0, 0.05) is 18.5 Å². The van der Waals surface area contributed by atoms with Crippen molar-refractivity contribution in [3.63, 3.8) is 0 Å². The molecule has 0 fully saturated rings. The molecule has 0 aliphatic carbocycles. The number of sulfonamides is 1. The van der Waals surface area contributed by atoms with E-state index in [1.165, 1.54) is 6.33 Å². The first-order valence-corrected chi connectivity index (χ1v) is 8.34. The van der Waals surface area contributed by atoms with E-state index < -0.39 is 10.0 Å². The van der Waals surface area contributed by atoms with E-state index in [9.17, 15) is 8.42 Å². The average Bonchev–Trinajstić information content (AvgIpc) is 3.00. The van der Waals surface area contributed by atoms with Crippen LogP contribution in [0.25, 0.3) is 5.82 Å². The van der Waals surface area contributed by atoms with Crippen LogP contribution in [-0.2, 0) is 10.0 Å². The lowest BCUT2D eigenvalue weighted by molar-refractivity contribution is 0.601. The van der Waals surface area contributed by atoms with Crippen LogP contribution in [0, 0.1) is 13.8 Å². The Balaban J connectivity index is 1.93. The third-order valence-corrected chi connectivity index (χ3v) is 4.50. The Kier molecular flexibility index (Phi) is 3.83. The molecule has 0 amide bonds. The molecule has 1 aromatic carbocycles. The lowest BCUT2D eigenvalue weighted by Crippen LogP contribution is -2.15.